The van der Waals surface area contributed by atoms with Gasteiger partial charge >= 0.3 is 6.09 Å². The summed E-state index contributed by atoms with van der Waals surface area (Å²) in [7, 11) is 0. The molecular formula is C28H37N5O5. The van der Waals surface area contributed by atoms with Gasteiger partial charge in [-0.1, -0.05) is 30.3 Å². The van der Waals surface area contributed by atoms with Crippen molar-refractivity contribution in [3.63, 3.8) is 0 Å². The van der Waals surface area contributed by atoms with Crippen LogP contribution in [0.15, 0.2) is 48.8 Å². The smallest absolute Gasteiger partial charge is 0.410 e. The van der Waals surface area contributed by atoms with Gasteiger partial charge in [0.05, 0.1) is 24.8 Å². The third-order valence-corrected chi connectivity index (χ3v) is 7.55. The Balaban J connectivity index is 1.21. The molecule has 3 aliphatic heterocycles. The van der Waals surface area contributed by atoms with Crippen LogP contribution < -0.4 is 10.2 Å². The van der Waals surface area contributed by atoms with Crippen LogP contribution in [0.1, 0.15) is 44.1 Å². The van der Waals surface area contributed by atoms with E-state index in [1.807, 2.05) is 36.4 Å². The minimum absolute atomic E-state index is 0.0635. The van der Waals surface area contributed by atoms with E-state index in [9.17, 15) is 9.59 Å². The number of carbonyl (C=O) groups excluding carboxylic acids is 2. The van der Waals surface area contributed by atoms with E-state index in [1.54, 1.807) is 17.3 Å². The van der Waals surface area contributed by atoms with E-state index in [4.69, 9.17) is 14.2 Å². The van der Waals surface area contributed by atoms with Gasteiger partial charge in [-0.25, -0.2) is 14.8 Å². The van der Waals surface area contributed by atoms with Crippen LogP contribution in [0.5, 0.6) is 0 Å². The summed E-state index contributed by atoms with van der Waals surface area (Å²) >= 11 is 0. The van der Waals surface area contributed by atoms with Crippen LogP contribution in [0.25, 0.3) is 0 Å². The summed E-state index contributed by atoms with van der Waals surface area (Å²) in [5.41, 5.74) is 0.933. The topological polar surface area (TPSA) is 106 Å². The molecule has 38 heavy (non-hydrogen) atoms. The summed E-state index contributed by atoms with van der Waals surface area (Å²) in [5.74, 6) is 0.635. The lowest BCUT2D eigenvalue weighted by atomic mass is 9.96. The highest BCUT2D eigenvalue weighted by Crippen LogP contribution is 2.24. The van der Waals surface area contributed by atoms with Crippen LogP contribution in [0, 0.1) is 0 Å². The molecule has 10 heteroatoms. The van der Waals surface area contributed by atoms with E-state index >= 15 is 0 Å². The molecule has 0 radical (unpaired) electrons. The van der Waals surface area contributed by atoms with Gasteiger partial charge in [-0.15, -0.1) is 0 Å². The van der Waals surface area contributed by atoms with Gasteiger partial charge in [0.2, 0.25) is 11.9 Å². The second-order valence-electron chi connectivity index (χ2n) is 10.1. The van der Waals surface area contributed by atoms with E-state index in [0.29, 0.717) is 19.8 Å². The van der Waals surface area contributed by atoms with E-state index in [1.165, 1.54) is 0 Å². The SMILES string of the molecule is O=C(N[C@H]1CCCN(C(=O)OCc2ccccc2)[C@H]1COC1CCN(c2ncccn2)CC1)[C@@H]1CCCO1. The minimum Gasteiger partial charge on any atom is -0.445 e. The Hall–Kier alpha value is -3.24. The first-order chi connectivity index (χ1) is 18.7. The molecule has 1 aromatic carbocycles. The second-order valence-corrected chi connectivity index (χ2v) is 10.1. The number of hydrogen-bond donors (Lipinski definition) is 1. The number of nitrogens with one attached hydrogen (secondary N) is 1. The number of benzene rings is 1. The summed E-state index contributed by atoms with van der Waals surface area (Å²) < 4.78 is 17.7. The Morgan fingerprint density at radius 1 is 0.974 bits per heavy atom. The number of piperidine rings is 2. The maximum atomic E-state index is 13.2. The Labute approximate surface area is 223 Å². The summed E-state index contributed by atoms with van der Waals surface area (Å²) in [6.45, 7) is 3.33. The monoisotopic (exact) mass is 523 g/mol. The molecule has 0 aliphatic carbocycles. The van der Waals surface area contributed by atoms with Crippen LogP contribution in [0.2, 0.25) is 0 Å². The lowest BCUT2D eigenvalue weighted by Crippen LogP contribution is -2.60. The molecule has 204 valence electrons. The molecule has 0 spiro atoms. The molecule has 1 N–H and O–H groups in total. The number of hydrogen-bond acceptors (Lipinski definition) is 8. The van der Waals surface area contributed by atoms with Crippen molar-refractivity contribution < 1.29 is 23.8 Å². The largest absolute Gasteiger partial charge is 0.445 e. The predicted octanol–water partition coefficient (Wildman–Crippen LogP) is 2.93. The molecule has 0 saturated carbocycles. The first-order valence-corrected chi connectivity index (χ1v) is 13.7. The van der Waals surface area contributed by atoms with Crippen molar-refractivity contribution in [2.24, 2.45) is 0 Å². The number of ether oxygens (including phenoxy) is 3. The molecule has 10 nitrogen and oxygen atoms in total. The predicted molar refractivity (Wildman–Crippen MR) is 140 cm³/mol. The Bertz CT molecular complexity index is 1030. The third-order valence-electron chi connectivity index (χ3n) is 7.55. The zero-order valence-corrected chi connectivity index (χ0v) is 21.7. The van der Waals surface area contributed by atoms with Crippen LogP contribution in [-0.4, -0.2) is 84.0 Å². The van der Waals surface area contributed by atoms with E-state index < -0.39 is 6.10 Å². The Morgan fingerprint density at radius 3 is 2.50 bits per heavy atom. The van der Waals surface area contributed by atoms with E-state index in [2.05, 4.69) is 20.2 Å². The molecule has 3 fully saturated rings. The minimum atomic E-state index is -0.415. The zero-order valence-electron chi connectivity index (χ0n) is 21.7. The van der Waals surface area contributed by atoms with Gasteiger partial charge in [0.25, 0.3) is 0 Å². The highest BCUT2D eigenvalue weighted by molar-refractivity contribution is 5.81. The van der Waals surface area contributed by atoms with Crippen molar-refractivity contribution in [1.82, 2.24) is 20.2 Å². The first-order valence-electron chi connectivity index (χ1n) is 13.7. The van der Waals surface area contributed by atoms with Crippen LogP contribution in [0.3, 0.4) is 0 Å². The number of anilines is 1. The number of nitrogens with zero attached hydrogens (tertiary/aromatic N) is 4. The number of likely N-dealkylation sites (tertiary alicyclic amines) is 1. The second kappa shape index (κ2) is 13.0. The fraction of sp³-hybridized carbons (Fsp3) is 0.571. The summed E-state index contributed by atoms with van der Waals surface area (Å²) in [5, 5.41) is 3.17. The first kappa shape index (κ1) is 26.4. The molecule has 4 heterocycles. The number of amides is 2. The highest BCUT2D eigenvalue weighted by Gasteiger charge is 2.38. The quantitative estimate of drug-likeness (QED) is 0.563. The van der Waals surface area contributed by atoms with Gasteiger partial charge in [-0.2, -0.15) is 0 Å². The van der Waals surface area contributed by atoms with Gasteiger partial charge in [-0.05, 0) is 50.2 Å². The lowest BCUT2D eigenvalue weighted by Gasteiger charge is -2.42. The van der Waals surface area contributed by atoms with Gasteiger partial charge in [0.1, 0.15) is 12.7 Å². The molecule has 2 aromatic rings. The van der Waals surface area contributed by atoms with Crippen molar-refractivity contribution in [3.8, 4) is 0 Å². The van der Waals surface area contributed by atoms with Gasteiger partial charge in [0.15, 0.2) is 0 Å². The molecule has 5 rings (SSSR count). The zero-order chi connectivity index (χ0) is 26.2. The molecule has 1 aromatic heterocycles. The van der Waals surface area contributed by atoms with E-state index in [-0.39, 0.29) is 36.8 Å². The molecule has 3 aliphatic rings. The van der Waals surface area contributed by atoms with Crippen molar-refractivity contribution >= 4 is 17.9 Å². The molecule has 3 atom stereocenters. The van der Waals surface area contributed by atoms with Gasteiger partial charge < -0.3 is 29.3 Å². The van der Waals surface area contributed by atoms with Crippen LogP contribution >= 0.6 is 0 Å². The number of carbonyl (C=O) groups is 2. The average Bonchev–Trinajstić information content (AvgIpc) is 3.52. The summed E-state index contributed by atoms with van der Waals surface area (Å²) in [6, 6.07) is 10.9. The lowest BCUT2D eigenvalue weighted by molar-refractivity contribution is -0.132. The maximum Gasteiger partial charge on any atom is 0.410 e. The molecular weight excluding hydrogens is 486 g/mol. The molecule has 3 saturated heterocycles. The van der Waals surface area contributed by atoms with Crippen molar-refractivity contribution in [2.75, 3.05) is 37.7 Å². The van der Waals surface area contributed by atoms with Crippen molar-refractivity contribution in [2.45, 2.75) is 69.4 Å². The highest BCUT2D eigenvalue weighted by atomic mass is 16.6. The summed E-state index contributed by atoms with van der Waals surface area (Å²) in [6.07, 6.45) is 7.64. The number of rotatable bonds is 8. The molecule has 2 amide bonds. The van der Waals surface area contributed by atoms with Crippen molar-refractivity contribution in [3.05, 3.63) is 54.4 Å². The molecule has 0 bridgehead atoms. The fourth-order valence-corrected chi connectivity index (χ4v) is 5.43. The fourth-order valence-electron chi connectivity index (χ4n) is 5.43. The van der Waals surface area contributed by atoms with Gasteiger partial charge in [0, 0.05) is 38.6 Å². The third kappa shape index (κ3) is 6.79. The maximum absolute atomic E-state index is 13.2. The van der Waals surface area contributed by atoms with Gasteiger partial charge in [-0.3, -0.25) is 4.79 Å². The molecule has 0 unspecified atom stereocenters. The Morgan fingerprint density at radius 2 is 1.76 bits per heavy atom. The summed E-state index contributed by atoms with van der Waals surface area (Å²) in [4.78, 5) is 38.7. The van der Waals surface area contributed by atoms with Crippen LogP contribution in [0.4, 0.5) is 10.7 Å². The normalized spacial score (nSPS) is 24.3. The standard InChI is InChI=1S/C28H37N5O5/c34-26(25-10-5-18-36-25)31-23-9-4-15-33(28(35)38-19-21-7-2-1-3-8-21)24(23)20-37-22-11-16-32(17-12-22)27-29-13-6-14-30-27/h1-3,6-8,13-14,22-25H,4-5,9-12,15-20H2,(H,31,34)/t23-,24-,25-/m0/s1. The van der Waals surface area contributed by atoms with Crippen molar-refractivity contribution in [1.29, 1.82) is 0 Å². The Kier molecular flexibility index (Phi) is 9.03. The average molecular weight is 524 g/mol. The number of aromatic nitrogens is 2. The van der Waals surface area contributed by atoms with E-state index in [0.717, 1.165) is 63.1 Å². The van der Waals surface area contributed by atoms with Crippen LogP contribution in [-0.2, 0) is 25.6 Å².